The summed E-state index contributed by atoms with van der Waals surface area (Å²) in [5.74, 6) is 1.41. The number of para-hydroxylation sites is 2. The Hall–Kier alpha value is -11.5. The van der Waals surface area contributed by atoms with Gasteiger partial charge in [0.25, 0.3) is 0 Å². The fourth-order valence-electron chi connectivity index (χ4n) is 13.7. The average Bonchev–Trinajstić information content (AvgIpc) is 1.59. The van der Waals surface area contributed by atoms with Crippen molar-refractivity contribution in [3.8, 4) is 90.3 Å². The molecule has 6 nitrogen and oxygen atoms in total. The van der Waals surface area contributed by atoms with Crippen molar-refractivity contribution in [1.29, 1.82) is 0 Å². The van der Waals surface area contributed by atoms with Crippen molar-refractivity contribution in [2.75, 3.05) is 0 Å². The molecule has 0 radical (unpaired) electrons. The van der Waals surface area contributed by atoms with Crippen LogP contribution in [0.4, 0.5) is 0 Å². The Labute approximate surface area is 567 Å². The Morgan fingerprint density at radius 3 is 1.06 bits per heavy atom. The van der Waals surface area contributed by atoms with E-state index in [9.17, 15) is 0 Å². The highest BCUT2D eigenvalue weighted by Crippen LogP contribution is 2.47. The molecule has 96 heavy (non-hydrogen) atoms. The molecule has 0 saturated heterocycles. The van der Waals surface area contributed by atoms with E-state index in [4.69, 9.17) is 29.9 Å². The van der Waals surface area contributed by atoms with E-state index in [0.717, 1.165) is 89.7 Å². The molecule has 20 rings (SSSR count). The maximum absolute atomic E-state index is 5.27. The quantitative estimate of drug-likeness (QED) is 0.151. The number of hydrogen-bond acceptors (Lipinski definition) is 10. The number of aromatic nitrogens is 6. The number of nitrogens with zero attached hydrogens (tertiary/aromatic N) is 6. The van der Waals surface area contributed by atoms with Crippen molar-refractivity contribution in [1.82, 2.24) is 29.9 Å². The molecule has 0 fully saturated rings. The minimum Gasteiger partial charge on any atom is -0.246 e. The Bertz CT molecular complexity index is 6470. The molecule has 0 N–H and O–H groups in total. The normalized spacial score (nSPS) is 11.8. The van der Waals surface area contributed by atoms with E-state index >= 15 is 0 Å². The summed E-state index contributed by atoms with van der Waals surface area (Å²) in [5, 5.41) is 12.6. The second-order valence-electron chi connectivity index (χ2n) is 23.9. The van der Waals surface area contributed by atoms with Gasteiger partial charge in [-0.05, 0) is 54.6 Å². The molecule has 0 aliphatic carbocycles. The maximum Gasteiger partial charge on any atom is 0.160 e. The minimum atomic E-state index is 0.703. The van der Waals surface area contributed by atoms with Gasteiger partial charge in [0.15, 0.2) is 11.6 Å². The van der Waals surface area contributed by atoms with E-state index in [1.807, 2.05) is 69.6 Å². The van der Waals surface area contributed by atoms with Crippen molar-refractivity contribution in [2.24, 2.45) is 0 Å². The van der Waals surface area contributed by atoms with Crippen LogP contribution in [0.1, 0.15) is 0 Å². The summed E-state index contributed by atoms with van der Waals surface area (Å²) < 4.78 is 10.0. The summed E-state index contributed by atoms with van der Waals surface area (Å²) in [4.78, 5) is 31.2. The monoisotopic (exact) mass is 1290 g/mol. The van der Waals surface area contributed by atoms with Gasteiger partial charge in [-0.2, -0.15) is 0 Å². The smallest absolute Gasteiger partial charge is 0.160 e. The average molecular weight is 1300 g/mol. The first kappa shape index (κ1) is 56.1. The van der Waals surface area contributed by atoms with Gasteiger partial charge in [-0.1, -0.05) is 249 Å². The lowest BCUT2D eigenvalue weighted by molar-refractivity contribution is 1.18. The van der Waals surface area contributed by atoms with E-state index in [1.54, 1.807) is 0 Å². The number of thiophene rings is 4. The first-order valence-corrected chi connectivity index (χ1v) is 35.2. The van der Waals surface area contributed by atoms with E-state index in [0.29, 0.717) is 11.6 Å². The van der Waals surface area contributed by atoms with Crippen LogP contribution >= 0.6 is 45.3 Å². The summed E-state index contributed by atoms with van der Waals surface area (Å²) in [6.07, 6.45) is 0. The van der Waals surface area contributed by atoms with Crippen LogP contribution in [0, 0.1) is 0 Å². The summed E-state index contributed by atoms with van der Waals surface area (Å²) in [5.41, 5.74) is 16.1. The molecule has 12 aromatic carbocycles. The fourth-order valence-corrected chi connectivity index (χ4v) is 18.6. The first-order chi connectivity index (χ1) is 47.6. The van der Waals surface area contributed by atoms with E-state index in [1.165, 1.54) is 91.5 Å². The fraction of sp³-hybridized carbons (Fsp3) is 0. The predicted octanol–water partition coefficient (Wildman–Crippen LogP) is 24.9. The van der Waals surface area contributed by atoms with Crippen LogP contribution in [0.15, 0.2) is 303 Å². The lowest BCUT2D eigenvalue weighted by atomic mass is 10.0. The van der Waals surface area contributed by atoms with Crippen LogP contribution in [-0.4, -0.2) is 29.9 Å². The zero-order valence-electron chi connectivity index (χ0n) is 51.2. The lowest BCUT2D eigenvalue weighted by Crippen LogP contribution is -1.96. The molecule has 20 aromatic rings. The Balaban J connectivity index is 0.000000135. The zero-order chi connectivity index (χ0) is 63.2. The molecule has 0 bridgehead atoms. The number of pyridine rings is 2. The highest BCUT2D eigenvalue weighted by Gasteiger charge is 2.22. The zero-order valence-corrected chi connectivity index (χ0v) is 54.4. The third kappa shape index (κ3) is 9.63. The second kappa shape index (κ2) is 23.2. The third-order valence-electron chi connectivity index (χ3n) is 18.2. The van der Waals surface area contributed by atoms with Gasteiger partial charge in [0, 0.05) is 127 Å². The van der Waals surface area contributed by atoms with Gasteiger partial charge in [0.1, 0.15) is 0 Å². The van der Waals surface area contributed by atoms with Crippen molar-refractivity contribution >= 4 is 148 Å². The Morgan fingerprint density at radius 2 is 0.542 bits per heavy atom. The van der Waals surface area contributed by atoms with Gasteiger partial charge in [-0.3, -0.25) is 0 Å². The van der Waals surface area contributed by atoms with Gasteiger partial charge < -0.3 is 0 Å². The Morgan fingerprint density at radius 1 is 0.198 bits per heavy atom. The second-order valence-corrected chi connectivity index (χ2v) is 28.1. The molecule has 10 heteroatoms. The molecule has 0 amide bonds. The molecule has 0 unspecified atom stereocenters. The molecule has 8 aromatic heterocycles. The molecular weight excluding hydrogens is 1250 g/mol. The van der Waals surface area contributed by atoms with Crippen molar-refractivity contribution in [3.05, 3.63) is 303 Å². The maximum atomic E-state index is 5.27. The number of rotatable bonds is 8. The third-order valence-corrected chi connectivity index (χ3v) is 23.0. The van der Waals surface area contributed by atoms with Gasteiger partial charge in [-0.15, -0.1) is 45.3 Å². The van der Waals surface area contributed by atoms with E-state index < -0.39 is 0 Å². The van der Waals surface area contributed by atoms with Crippen molar-refractivity contribution in [2.45, 2.75) is 0 Å². The first-order valence-electron chi connectivity index (χ1n) is 31.9. The number of benzene rings is 12. The molecule has 0 aliphatic rings. The van der Waals surface area contributed by atoms with E-state index in [2.05, 4.69) is 279 Å². The van der Waals surface area contributed by atoms with Crippen LogP contribution in [-0.2, 0) is 0 Å². The van der Waals surface area contributed by atoms with Gasteiger partial charge >= 0.3 is 0 Å². The lowest BCUT2D eigenvalue weighted by Gasteiger charge is -2.12. The van der Waals surface area contributed by atoms with Crippen LogP contribution in [0.3, 0.4) is 0 Å². The topological polar surface area (TPSA) is 77.3 Å². The molecular formula is C86H50N6S4. The van der Waals surface area contributed by atoms with Crippen LogP contribution in [0.2, 0.25) is 0 Å². The predicted molar refractivity (Wildman–Crippen MR) is 410 cm³/mol. The van der Waals surface area contributed by atoms with Gasteiger partial charge in [0.2, 0.25) is 0 Å². The SMILES string of the molecule is c1ccc(-c2cc(-c3cccc4c3sc3ccccc34)nc(-c3ccc(-c4nc5ccccc5c5c4sc4ccccc45)cc3)n2)cc1.c1ccc(-c2nc(-c3cccc(-c4nc5ccccc5c5c4sc4ccccc45)c3)cc(-c3cccc4c3sc3ccccc34)n2)cc1. The molecule has 8 heterocycles. The van der Waals surface area contributed by atoms with Crippen LogP contribution in [0.5, 0.6) is 0 Å². The minimum absolute atomic E-state index is 0.703. The van der Waals surface area contributed by atoms with Crippen molar-refractivity contribution in [3.63, 3.8) is 0 Å². The van der Waals surface area contributed by atoms with Gasteiger partial charge in [-0.25, -0.2) is 29.9 Å². The number of hydrogen-bond donors (Lipinski definition) is 0. The standard InChI is InChI=1S/2C43H25N3S2/c1-2-12-26(13-3-1)43-45-35(25-36(46-43)32-20-11-19-30-29-16-5-8-22-37(29)47-41(30)32)27-14-10-15-28(24-27)40-42-39(31-17-4-7-21-34(31)44-40)33-18-6-9-23-38(33)48-42;1-2-11-26(12-3-1)35-25-36(32-17-10-16-30-29-13-5-8-19-37(29)47-41(30)32)46-43(45-35)28-23-21-27(22-24-28)40-42-39(31-14-4-7-18-34(31)44-40)33-15-6-9-20-38(33)48-42/h2*1-25H. The molecule has 448 valence electrons. The largest absolute Gasteiger partial charge is 0.246 e. The summed E-state index contributed by atoms with van der Waals surface area (Å²) >= 11 is 7.27. The highest BCUT2D eigenvalue weighted by atomic mass is 32.1. The molecule has 0 saturated carbocycles. The summed E-state index contributed by atoms with van der Waals surface area (Å²) in [6, 6.07) is 107. The molecule has 0 spiro atoms. The van der Waals surface area contributed by atoms with Crippen LogP contribution in [0.25, 0.3) is 193 Å². The Kier molecular flexibility index (Phi) is 13.6. The molecule has 0 aliphatic heterocycles. The van der Waals surface area contributed by atoms with Crippen molar-refractivity contribution < 1.29 is 0 Å². The number of fused-ring (bicyclic) bond motifs is 16. The van der Waals surface area contributed by atoms with Crippen LogP contribution < -0.4 is 0 Å². The van der Waals surface area contributed by atoms with Gasteiger partial charge in [0.05, 0.1) is 54.6 Å². The highest BCUT2D eigenvalue weighted by molar-refractivity contribution is 7.27. The summed E-state index contributed by atoms with van der Waals surface area (Å²) in [7, 11) is 0. The van der Waals surface area contributed by atoms with E-state index in [-0.39, 0.29) is 0 Å². The molecule has 0 atom stereocenters. The summed E-state index contributed by atoms with van der Waals surface area (Å²) in [6.45, 7) is 0.